The highest BCUT2D eigenvalue weighted by Crippen LogP contribution is 2.19. The van der Waals surface area contributed by atoms with E-state index in [4.69, 9.17) is 5.73 Å². The van der Waals surface area contributed by atoms with E-state index in [0.29, 0.717) is 12.5 Å². The predicted octanol–water partition coefficient (Wildman–Crippen LogP) is 1.84. The Balaban J connectivity index is 3.55. The Morgan fingerprint density at radius 3 is 2.38 bits per heavy atom. The number of hydrogen-bond acceptors (Lipinski definition) is 3. The SMILES string of the molecule is CCCCCCCC(CCN)CCC(=O)[O-]. The number of hydrogen-bond donors (Lipinski definition) is 1. The Morgan fingerprint density at radius 2 is 1.81 bits per heavy atom. The van der Waals surface area contributed by atoms with E-state index in [1.807, 2.05) is 0 Å². The van der Waals surface area contributed by atoms with Crippen molar-refractivity contribution in [2.75, 3.05) is 6.54 Å². The number of carbonyl (C=O) groups is 1. The second kappa shape index (κ2) is 10.9. The molecule has 16 heavy (non-hydrogen) atoms. The first-order valence-electron chi connectivity index (χ1n) is 6.60. The molecular formula is C13H26NO2-. The third kappa shape index (κ3) is 9.97. The number of unbranched alkanes of at least 4 members (excludes halogenated alkanes) is 4. The van der Waals surface area contributed by atoms with E-state index in [-0.39, 0.29) is 6.42 Å². The summed E-state index contributed by atoms with van der Waals surface area (Å²) in [5.74, 6) is -0.461. The van der Waals surface area contributed by atoms with Crippen LogP contribution in [-0.2, 0) is 4.79 Å². The van der Waals surface area contributed by atoms with Gasteiger partial charge in [-0.2, -0.15) is 0 Å². The summed E-state index contributed by atoms with van der Waals surface area (Å²) in [4.78, 5) is 10.4. The molecule has 2 N–H and O–H groups in total. The molecule has 1 unspecified atom stereocenters. The first-order chi connectivity index (χ1) is 7.70. The second-order valence-corrected chi connectivity index (χ2v) is 4.56. The maximum absolute atomic E-state index is 10.4. The lowest BCUT2D eigenvalue weighted by Crippen LogP contribution is -2.23. The number of aliphatic carboxylic acids is 1. The molecule has 0 aromatic carbocycles. The van der Waals surface area contributed by atoms with Crippen LogP contribution in [0.15, 0.2) is 0 Å². The molecule has 3 nitrogen and oxygen atoms in total. The fourth-order valence-corrected chi connectivity index (χ4v) is 2.03. The van der Waals surface area contributed by atoms with Crippen LogP contribution in [0, 0.1) is 5.92 Å². The third-order valence-electron chi connectivity index (χ3n) is 3.05. The van der Waals surface area contributed by atoms with Crippen LogP contribution in [0.3, 0.4) is 0 Å². The van der Waals surface area contributed by atoms with Crippen molar-refractivity contribution >= 4 is 5.97 Å². The fraction of sp³-hybridized carbons (Fsp3) is 0.923. The van der Waals surface area contributed by atoms with Crippen LogP contribution >= 0.6 is 0 Å². The summed E-state index contributed by atoms with van der Waals surface area (Å²) in [6, 6.07) is 0. The van der Waals surface area contributed by atoms with Crippen molar-refractivity contribution in [1.29, 1.82) is 0 Å². The summed E-state index contributed by atoms with van der Waals surface area (Å²) in [6.07, 6.45) is 9.31. The standard InChI is InChI=1S/C13H27NO2/c1-2-3-4-5-6-7-12(10-11-14)8-9-13(15)16/h12H,2-11,14H2,1H3,(H,15,16)/p-1. The van der Waals surface area contributed by atoms with Gasteiger partial charge in [-0.05, 0) is 31.7 Å². The van der Waals surface area contributed by atoms with Crippen molar-refractivity contribution in [1.82, 2.24) is 0 Å². The molecule has 3 heteroatoms. The van der Waals surface area contributed by atoms with Crippen LogP contribution in [0.5, 0.6) is 0 Å². The highest BCUT2D eigenvalue weighted by molar-refractivity contribution is 5.64. The molecule has 0 rings (SSSR count). The van der Waals surface area contributed by atoms with Gasteiger partial charge in [0.05, 0.1) is 0 Å². The van der Waals surface area contributed by atoms with Crippen molar-refractivity contribution in [3.63, 3.8) is 0 Å². The van der Waals surface area contributed by atoms with Crippen molar-refractivity contribution in [2.24, 2.45) is 11.7 Å². The zero-order valence-electron chi connectivity index (χ0n) is 10.5. The summed E-state index contributed by atoms with van der Waals surface area (Å²) in [7, 11) is 0. The van der Waals surface area contributed by atoms with Gasteiger partial charge in [-0.3, -0.25) is 0 Å². The van der Waals surface area contributed by atoms with Crippen molar-refractivity contribution in [2.45, 2.75) is 64.7 Å². The van der Waals surface area contributed by atoms with Crippen LogP contribution < -0.4 is 10.8 Å². The topological polar surface area (TPSA) is 66.2 Å². The van der Waals surface area contributed by atoms with Gasteiger partial charge in [0.2, 0.25) is 0 Å². The fourth-order valence-electron chi connectivity index (χ4n) is 2.03. The van der Waals surface area contributed by atoms with Gasteiger partial charge in [0.15, 0.2) is 0 Å². The van der Waals surface area contributed by atoms with Gasteiger partial charge in [-0.15, -0.1) is 0 Å². The van der Waals surface area contributed by atoms with E-state index in [2.05, 4.69) is 6.92 Å². The average Bonchev–Trinajstić information content (AvgIpc) is 2.25. The summed E-state index contributed by atoms with van der Waals surface area (Å²) < 4.78 is 0. The van der Waals surface area contributed by atoms with Gasteiger partial charge in [0.25, 0.3) is 0 Å². The maximum Gasteiger partial charge on any atom is 0.0414 e. The monoisotopic (exact) mass is 228 g/mol. The minimum atomic E-state index is -0.937. The van der Waals surface area contributed by atoms with Crippen LogP contribution in [0.1, 0.15) is 64.7 Å². The number of carboxylic acid groups (broad SMARTS) is 1. The Bertz CT molecular complexity index is 171. The van der Waals surface area contributed by atoms with E-state index in [1.54, 1.807) is 0 Å². The first kappa shape index (κ1) is 15.4. The van der Waals surface area contributed by atoms with E-state index in [0.717, 1.165) is 19.3 Å². The van der Waals surface area contributed by atoms with Gasteiger partial charge >= 0.3 is 0 Å². The van der Waals surface area contributed by atoms with Crippen molar-refractivity contribution in [3.05, 3.63) is 0 Å². The molecule has 0 spiro atoms. The maximum atomic E-state index is 10.4. The largest absolute Gasteiger partial charge is 0.550 e. The minimum absolute atomic E-state index is 0.180. The average molecular weight is 228 g/mol. The van der Waals surface area contributed by atoms with Gasteiger partial charge in [-0.1, -0.05) is 45.4 Å². The summed E-state index contributed by atoms with van der Waals surface area (Å²) >= 11 is 0. The summed E-state index contributed by atoms with van der Waals surface area (Å²) in [6.45, 7) is 2.86. The quantitative estimate of drug-likeness (QED) is 0.549. The summed E-state index contributed by atoms with van der Waals surface area (Å²) in [5, 5.41) is 10.4. The van der Waals surface area contributed by atoms with E-state index < -0.39 is 5.97 Å². The Hall–Kier alpha value is -0.570. The first-order valence-corrected chi connectivity index (χ1v) is 6.60. The smallest absolute Gasteiger partial charge is 0.0414 e. The van der Waals surface area contributed by atoms with Crippen LogP contribution in [-0.4, -0.2) is 12.5 Å². The Morgan fingerprint density at radius 1 is 1.12 bits per heavy atom. The lowest BCUT2D eigenvalue weighted by Gasteiger charge is -2.16. The molecule has 0 aliphatic carbocycles. The van der Waals surface area contributed by atoms with Crippen LogP contribution in [0.25, 0.3) is 0 Å². The third-order valence-corrected chi connectivity index (χ3v) is 3.05. The predicted molar refractivity (Wildman–Crippen MR) is 64.8 cm³/mol. The van der Waals surface area contributed by atoms with Crippen LogP contribution in [0.4, 0.5) is 0 Å². The van der Waals surface area contributed by atoms with Gasteiger partial charge in [0, 0.05) is 5.97 Å². The molecule has 0 amide bonds. The lowest BCUT2D eigenvalue weighted by molar-refractivity contribution is -0.306. The molecule has 96 valence electrons. The van der Waals surface area contributed by atoms with Gasteiger partial charge in [0.1, 0.15) is 0 Å². The van der Waals surface area contributed by atoms with Crippen molar-refractivity contribution in [3.8, 4) is 0 Å². The molecule has 0 aromatic rings. The number of carbonyl (C=O) groups excluding carboxylic acids is 1. The zero-order valence-corrected chi connectivity index (χ0v) is 10.5. The van der Waals surface area contributed by atoms with E-state index in [1.165, 1.54) is 32.1 Å². The zero-order chi connectivity index (χ0) is 12.2. The molecule has 0 aliphatic heterocycles. The molecule has 0 saturated carbocycles. The van der Waals surface area contributed by atoms with Crippen LogP contribution in [0.2, 0.25) is 0 Å². The molecule has 0 bridgehead atoms. The minimum Gasteiger partial charge on any atom is -0.550 e. The lowest BCUT2D eigenvalue weighted by atomic mass is 9.93. The number of nitrogens with two attached hydrogens (primary N) is 1. The van der Waals surface area contributed by atoms with E-state index >= 15 is 0 Å². The molecule has 0 heterocycles. The van der Waals surface area contributed by atoms with Gasteiger partial charge in [-0.25, -0.2) is 0 Å². The van der Waals surface area contributed by atoms with Crippen molar-refractivity contribution < 1.29 is 9.90 Å². The molecule has 1 atom stereocenters. The Labute approximate surface area is 99.4 Å². The second-order valence-electron chi connectivity index (χ2n) is 4.56. The highest BCUT2D eigenvalue weighted by Gasteiger charge is 2.07. The molecule has 0 aromatic heterocycles. The molecule has 0 saturated heterocycles. The highest BCUT2D eigenvalue weighted by atomic mass is 16.4. The summed E-state index contributed by atoms with van der Waals surface area (Å²) in [5.41, 5.74) is 5.52. The van der Waals surface area contributed by atoms with E-state index in [9.17, 15) is 9.90 Å². The number of carboxylic acids is 1. The Kier molecular flexibility index (Phi) is 10.5. The molecule has 0 aliphatic rings. The molecule has 0 fully saturated rings. The normalized spacial score (nSPS) is 12.6. The number of rotatable bonds is 11. The van der Waals surface area contributed by atoms with Gasteiger partial charge < -0.3 is 15.6 Å². The molecule has 0 radical (unpaired) electrons. The molecular weight excluding hydrogens is 202 g/mol.